The first-order valence-corrected chi connectivity index (χ1v) is 12.5. The van der Waals surface area contributed by atoms with Crippen LogP contribution in [0.4, 0.5) is 5.69 Å². The number of phosphoric acid groups is 1. The van der Waals surface area contributed by atoms with Crippen LogP contribution in [-0.4, -0.2) is 51.5 Å². The maximum Gasteiger partial charge on any atom is 0.471 e. The molecule has 37 heavy (non-hydrogen) atoms. The van der Waals surface area contributed by atoms with Crippen molar-refractivity contribution in [3.63, 3.8) is 0 Å². The zero-order valence-corrected chi connectivity index (χ0v) is 21.3. The van der Waals surface area contributed by atoms with Crippen LogP contribution in [0.15, 0.2) is 67.6 Å². The lowest BCUT2D eigenvalue weighted by Gasteiger charge is -2.18. The standard InChI is InChI=1S/C25H25N4O7P/c1-5-24(30)28(2)19-8-17(9-20(12-19)34-3)18-10-21-22(16-6-7-26-23(11-16)35-4)14-29(25(21)27-13-18)15-36-37(31,32)33/h5-14H,1,15H2,2-4H3,(H2,31,32,33). The second-order valence-electron chi connectivity index (χ2n) is 7.96. The van der Waals surface area contributed by atoms with Crippen LogP contribution < -0.4 is 14.4 Å². The number of fused-ring (bicyclic) bond motifs is 1. The second kappa shape index (κ2) is 10.5. The molecule has 0 saturated heterocycles. The zero-order chi connectivity index (χ0) is 26.7. The van der Waals surface area contributed by atoms with Gasteiger partial charge in [0.15, 0.2) is 0 Å². The van der Waals surface area contributed by atoms with Gasteiger partial charge in [-0.05, 0) is 41.5 Å². The van der Waals surface area contributed by atoms with Crippen molar-refractivity contribution in [1.82, 2.24) is 14.5 Å². The average molecular weight is 524 g/mol. The van der Waals surface area contributed by atoms with Gasteiger partial charge in [-0.3, -0.25) is 9.32 Å². The zero-order valence-electron chi connectivity index (χ0n) is 20.4. The number of ether oxygens (including phenoxy) is 2. The fourth-order valence-electron chi connectivity index (χ4n) is 3.81. The van der Waals surface area contributed by atoms with E-state index in [1.807, 2.05) is 18.2 Å². The summed E-state index contributed by atoms with van der Waals surface area (Å²) in [6.07, 6.45) is 6.15. The predicted octanol–water partition coefficient (Wildman–Crippen LogP) is 4.00. The highest BCUT2D eigenvalue weighted by molar-refractivity contribution is 7.46. The fraction of sp³-hybridized carbons (Fsp3) is 0.160. The monoisotopic (exact) mass is 524 g/mol. The summed E-state index contributed by atoms with van der Waals surface area (Å²) in [4.78, 5) is 40.8. The molecule has 0 aliphatic rings. The van der Waals surface area contributed by atoms with Crippen molar-refractivity contribution >= 4 is 30.5 Å². The summed E-state index contributed by atoms with van der Waals surface area (Å²) in [5.41, 5.74) is 4.00. The van der Waals surface area contributed by atoms with Gasteiger partial charge in [-0.15, -0.1) is 0 Å². The molecule has 12 heteroatoms. The Morgan fingerprint density at radius 1 is 1.11 bits per heavy atom. The number of rotatable bonds is 9. The maximum atomic E-state index is 12.2. The Kier molecular flexibility index (Phi) is 7.42. The van der Waals surface area contributed by atoms with Crippen molar-refractivity contribution < 1.29 is 33.1 Å². The van der Waals surface area contributed by atoms with Crippen LogP contribution in [0.2, 0.25) is 0 Å². The molecule has 0 spiro atoms. The molecule has 4 aromatic rings. The highest BCUT2D eigenvalue weighted by Gasteiger charge is 2.19. The summed E-state index contributed by atoms with van der Waals surface area (Å²) in [6, 6.07) is 10.8. The van der Waals surface area contributed by atoms with Crippen molar-refractivity contribution in [3.8, 4) is 33.9 Å². The van der Waals surface area contributed by atoms with E-state index in [9.17, 15) is 19.1 Å². The topological polar surface area (TPSA) is 136 Å². The molecular formula is C25H25N4O7P. The van der Waals surface area contributed by atoms with Gasteiger partial charge in [0.25, 0.3) is 0 Å². The van der Waals surface area contributed by atoms with Crippen LogP contribution in [-0.2, 0) is 20.6 Å². The number of hydrogen-bond donors (Lipinski definition) is 2. The van der Waals surface area contributed by atoms with Gasteiger partial charge >= 0.3 is 7.82 Å². The van der Waals surface area contributed by atoms with Gasteiger partial charge in [0.1, 0.15) is 18.1 Å². The highest BCUT2D eigenvalue weighted by atomic mass is 31.2. The number of phosphoric ester groups is 1. The van der Waals surface area contributed by atoms with Crippen LogP contribution in [0.5, 0.6) is 11.6 Å². The number of amides is 1. The number of nitrogens with zero attached hydrogens (tertiary/aromatic N) is 4. The summed E-state index contributed by atoms with van der Waals surface area (Å²) in [7, 11) is -0.0210. The Bertz CT molecular complexity index is 1530. The van der Waals surface area contributed by atoms with E-state index in [0.29, 0.717) is 28.4 Å². The Balaban J connectivity index is 1.89. The number of methoxy groups -OCH3 is 2. The molecule has 3 aromatic heterocycles. The van der Waals surface area contributed by atoms with Crippen LogP contribution in [0.3, 0.4) is 0 Å². The Morgan fingerprint density at radius 2 is 1.89 bits per heavy atom. The third kappa shape index (κ3) is 5.71. The molecule has 0 bridgehead atoms. The molecule has 4 rings (SSSR count). The lowest BCUT2D eigenvalue weighted by molar-refractivity contribution is -0.113. The third-order valence-corrected chi connectivity index (χ3v) is 6.14. The summed E-state index contributed by atoms with van der Waals surface area (Å²) < 4.78 is 28.3. The van der Waals surface area contributed by atoms with E-state index in [0.717, 1.165) is 22.3 Å². The quantitative estimate of drug-likeness (QED) is 0.246. The molecule has 0 atom stereocenters. The molecule has 192 valence electrons. The number of carbonyl (C=O) groups excluding carboxylic acids is 1. The Morgan fingerprint density at radius 3 is 2.57 bits per heavy atom. The molecule has 0 saturated carbocycles. The second-order valence-corrected chi connectivity index (χ2v) is 9.20. The summed E-state index contributed by atoms with van der Waals surface area (Å²) in [5.74, 6) is 0.674. The van der Waals surface area contributed by atoms with Crippen LogP contribution in [0.1, 0.15) is 0 Å². The largest absolute Gasteiger partial charge is 0.497 e. The predicted molar refractivity (Wildman–Crippen MR) is 138 cm³/mol. The van der Waals surface area contributed by atoms with E-state index in [1.54, 1.807) is 43.8 Å². The molecule has 1 amide bonds. The highest BCUT2D eigenvalue weighted by Crippen LogP contribution is 2.39. The summed E-state index contributed by atoms with van der Waals surface area (Å²) in [5, 5.41) is 0.694. The van der Waals surface area contributed by atoms with E-state index in [4.69, 9.17) is 14.0 Å². The van der Waals surface area contributed by atoms with E-state index < -0.39 is 14.6 Å². The fourth-order valence-corrected chi connectivity index (χ4v) is 4.08. The van der Waals surface area contributed by atoms with Gasteiger partial charge in [0.05, 0.1) is 14.2 Å². The third-order valence-electron chi connectivity index (χ3n) is 5.69. The molecular weight excluding hydrogens is 499 g/mol. The maximum absolute atomic E-state index is 12.2. The Labute approximate surface area is 212 Å². The Hall–Kier alpha value is -4.02. The van der Waals surface area contributed by atoms with Crippen LogP contribution >= 0.6 is 7.82 Å². The molecule has 2 N–H and O–H groups in total. The van der Waals surface area contributed by atoms with E-state index >= 15 is 0 Å². The van der Waals surface area contributed by atoms with Gasteiger partial charge < -0.3 is 28.7 Å². The number of carbonyl (C=O) groups is 1. The number of hydrogen-bond acceptors (Lipinski definition) is 7. The van der Waals surface area contributed by atoms with E-state index in [-0.39, 0.29) is 5.91 Å². The van der Waals surface area contributed by atoms with Gasteiger partial charge in [0.2, 0.25) is 11.8 Å². The molecule has 0 aliphatic heterocycles. The lowest BCUT2D eigenvalue weighted by Crippen LogP contribution is -2.23. The summed E-state index contributed by atoms with van der Waals surface area (Å²) >= 11 is 0. The SMILES string of the molecule is C=CC(=O)N(C)c1cc(OC)cc(-c2cnc3c(c2)c(-c2ccnc(OC)c2)cn3COP(=O)(O)O)c1. The number of benzene rings is 1. The minimum absolute atomic E-state index is 0.274. The van der Waals surface area contributed by atoms with Crippen molar-refractivity contribution in [2.45, 2.75) is 6.73 Å². The number of aromatic nitrogens is 3. The first-order chi connectivity index (χ1) is 17.6. The number of anilines is 1. The van der Waals surface area contributed by atoms with Gasteiger partial charge in [-0.1, -0.05) is 6.58 Å². The van der Waals surface area contributed by atoms with E-state index in [1.165, 1.54) is 29.8 Å². The molecule has 0 fully saturated rings. The minimum atomic E-state index is -4.71. The van der Waals surface area contributed by atoms with Crippen molar-refractivity contribution in [3.05, 3.63) is 67.6 Å². The molecule has 0 aliphatic carbocycles. The number of pyridine rings is 2. The van der Waals surface area contributed by atoms with E-state index in [2.05, 4.69) is 16.5 Å². The van der Waals surface area contributed by atoms with Gasteiger partial charge in [-0.2, -0.15) is 0 Å². The first kappa shape index (κ1) is 26.1. The van der Waals surface area contributed by atoms with Gasteiger partial charge in [-0.25, -0.2) is 14.5 Å². The van der Waals surface area contributed by atoms with Crippen molar-refractivity contribution in [2.75, 3.05) is 26.2 Å². The summed E-state index contributed by atoms with van der Waals surface area (Å²) in [6.45, 7) is 3.13. The van der Waals surface area contributed by atoms with Crippen LogP contribution in [0.25, 0.3) is 33.3 Å². The molecule has 11 nitrogen and oxygen atoms in total. The first-order valence-electron chi connectivity index (χ1n) is 10.9. The average Bonchev–Trinajstić information content (AvgIpc) is 3.28. The minimum Gasteiger partial charge on any atom is -0.497 e. The smallest absolute Gasteiger partial charge is 0.471 e. The van der Waals surface area contributed by atoms with Gasteiger partial charge in [0, 0.05) is 60.0 Å². The normalized spacial score (nSPS) is 11.4. The number of likely N-dealkylation sites (N-methyl/N-ethyl adjacent to an activating group) is 1. The van der Waals surface area contributed by atoms with Crippen molar-refractivity contribution in [2.24, 2.45) is 0 Å². The van der Waals surface area contributed by atoms with Crippen LogP contribution in [0, 0.1) is 0 Å². The molecule has 0 unspecified atom stereocenters. The molecule has 0 radical (unpaired) electrons. The molecule has 3 heterocycles. The van der Waals surface area contributed by atoms with Crippen molar-refractivity contribution in [1.29, 1.82) is 0 Å². The lowest BCUT2D eigenvalue weighted by atomic mass is 10.0. The molecule has 1 aromatic carbocycles.